The van der Waals surface area contributed by atoms with Gasteiger partial charge in [-0.1, -0.05) is 41.7 Å². The van der Waals surface area contributed by atoms with E-state index in [2.05, 4.69) is 36.9 Å². The SMILES string of the molecule is CCOC(=O)C1=C(C)N=c2s/c(=C/c3cc(Br)c(OCc4ccccc4F)c(Br)c3)c(=O)n2[C@@H]1c1ccc(OC)cc1. The van der Waals surface area contributed by atoms with E-state index in [-0.39, 0.29) is 24.6 Å². The van der Waals surface area contributed by atoms with Crippen LogP contribution in [0.5, 0.6) is 11.5 Å². The minimum atomic E-state index is -0.721. The normalized spacial score (nSPS) is 14.8. The van der Waals surface area contributed by atoms with Gasteiger partial charge in [-0.05, 0) is 93.2 Å². The predicted octanol–water partition coefficient (Wildman–Crippen LogP) is 6.05. The van der Waals surface area contributed by atoms with Crippen LogP contribution in [0.1, 0.15) is 36.6 Å². The summed E-state index contributed by atoms with van der Waals surface area (Å²) in [7, 11) is 1.57. The van der Waals surface area contributed by atoms with Gasteiger partial charge in [0.2, 0.25) is 0 Å². The molecule has 0 saturated heterocycles. The highest BCUT2D eigenvalue weighted by atomic mass is 79.9. The molecule has 0 bridgehead atoms. The number of carbonyl (C=O) groups is 1. The fourth-order valence-corrected chi connectivity index (χ4v) is 7.11. The second-order valence-electron chi connectivity index (χ2n) is 9.27. The second-order valence-corrected chi connectivity index (χ2v) is 12.0. The fraction of sp³-hybridized carbons (Fsp3) is 0.194. The Morgan fingerprint density at radius 2 is 1.81 bits per heavy atom. The summed E-state index contributed by atoms with van der Waals surface area (Å²) in [6.07, 6.45) is 1.76. The van der Waals surface area contributed by atoms with Gasteiger partial charge in [-0.3, -0.25) is 9.36 Å². The molecule has 216 valence electrons. The van der Waals surface area contributed by atoms with Crippen LogP contribution in [-0.4, -0.2) is 24.3 Å². The van der Waals surface area contributed by atoms with E-state index in [1.807, 2.05) is 24.3 Å². The number of nitrogens with zero attached hydrogens (tertiary/aromatic N) is 2. The van der Waals surface area contributed by atoms with Crippen LogP contribution in [0.3, 0.4) is 0 Å². The van der Waals surface area contributed by atoms with Crippen molar-refractivity contribution in [1.82, 2.24) is 4.57 Å². The van der Waals surface area contributed by atoms with E-state index in [1.54, 1.807) is 57.4 Å². The third kappa shape index (κ3) is 5.99. The van der Waals surface area contributed by atoms with Gasteiger partial charge < -0.3 is 14.2 Å². The molecule has 0 amide bonds. The molecule has 4 aromatic rings. The zero-order valence-electron chi connectivity index (χ0n) is 22.8. The second kappa shape index (κ2) is 12.8. The summed E-state index contributed by atoms with van der Waals surface area (Å²) in [5.41, 5.74) is 2.39. The third-order valence-electron chi connectivity index (χ3n) is 6.60. The molecule has 1 atom stereocenters. The first-order valence-electron chi connectivity index (χ1n) is 12.9. The van der Waals surface area contributed by atoms with E-state index in [0.29, 0.717) is 46.6 Å². The van der Waals surface area contributed by atoms with Crippen molar-refractivity contribution in [1.29, 1.82) is 0 Å². The van der Waals surface area contributed by atoms with Crippen molar-refractivity contribution in [2.75, 3.05) is 13.7 Å². The van der Waals surface area contributed by atoms with Gasteiger partial charge in [0.05, 0.1) is 44.5 Å². The average molecular weight is 716 g/mol. The fourth-order valence-electron chi connectivity index (χ4n) is 4.61. The van der Waals surface area contributed by atoms with Gasteiger partial charge in [0, 0.05) is 5.56 Å². The van der Waals surface area contributed by atoms with Gasteiger partial charge in [-0.2, -0.15) is 0 Å². The number of ether oxygens (including phenoxy) is 3. The van der Waals surface area contributed by atoms with Crippen molar-refractivity contribution >= 4 is 55.2 Å². The number of thiazole rings is 1. The van der Waals surface area contributed by atoms with Gasteiger partial charge in [0.1, 0.15) is 23.9 Å². The molecule has 0 radical (unpaired) electrons. The number of esters is 1. The van der Waals surface area contributed by atoms with Crippen molar-refractivity contribution in [2.45, 2.75) is 26.5 Å². The molecule has 0 spiro atoms. The number of hydrogen-bond donors (Lipinski definition) is 0. The lowest BCUT2D eigenvalue weighted by Gasteiger charge is -2.24. The van der Waals surface area contributed by atoms with Crippen molar-refractivity contribution in [3.05, 3.63) is 123 Å². The van der Waals surface area contributed by atoms with Crippen LogP contribution < -0.4 is 24.4 Å². The highest BCUT2D eigenvalue weighted by molar-refractivity contribution is 9.11. The molecule has 0 unspecified atom stereocenters. The number of aromatic nitrogens is 1. The lowest BCUT2D eigenvalue weighted by molar-refractivity contribution is -0.139. The molecule has 5 rings (SSSR count). The molecule has 1 aliphatic rings. The van der Waals surface area contributed by atoms with Crippen molar-refractivity contribution in [3.63, 3.8) is 0 Å². The Hall–Kier alpha value is -3.54. The Morgan fingerprint density at radius 1 is 1.12 bits per heavy atom. The Kier molecular flexibility index (Phi) is 9.10. The van der Waals surface area contributed by atoms with Gasteiger partial charge in [0.25, 0.3) is 5.56 Å². The summed E-state index contributed by atoms with van der Waals surface area (Å²) in [6.45, 7) is 3.72. The summed E-state index contributed by atoms with van der Waals surface area (Å²) in [4.78, 5) is 32.1. The number of carbonyl (C=O) groups excluding carboxylic acids is 1. The van der Waals surface area contributed by atoms with Crippen molar-refractivity contribution < 1.29 is 23.4 Å². The Bertz CT molecular complexity index is 1860. The minimum absolute atomic E-state index is 0.0509. The Labute approximate surface area is 261 Å². The number of rotatable bonds is 8. The summed E-state index contributed by atoms with van der Waals surface area (Å²) >= 11 is 8.32. The van der Waals surface area contributed by atoms with Crippen LogP contribution in [0.2, 0.25) is 0 Å². The number of allylic oxidation sites excluding steroid dienone is 1. The highest BCUT2D eigenvalue weighted by Crippen LogP contribution is 2.36. The molecule has 1 aromatic heterocycles. The molecule has 0 aliphatic carbocycles. The smallest absolute Gasteiger partial charge is 0.338 e. The quantitative estimate of drug-likeness (QED) is 0.208. The zero-order valence-corrected chi connectivity index (χ0v) is 26.8. The summed E-state index contributed by atoms with van der Waals surface area (Å²) in [5.74, 6) is 0.298. The van der Waals surface area contributed by atoms with E-state index >= 15 is 0 Å². The summed E-state index contributed by atoms with van der Waals surface area (Å²) in [6, 6.07) is 16.6. The largest absolute Gasteiger partial charge is 0.497 e. The zero-order chi connectivity index (χ0) is 30.0. The molecule has 0 N–H and O–H groups in total. The summed E-state index contributed by atoms with van der Waals surface area (Å²) in [5, 5.41) is 0. The van der Waals surface area contributed by atoms with Crippen LogP contribution in [0, 0.1) is 5.82 Å². The lowest BCUT2D eigenvalue weighted by Crippen LogP contribution is -2.39. The first kappa shape index (κ1) is 29.9. The van der Waals surface area contributed by atoms with E-state index in [4.69, 9.17) is 14.2 Å². The van der Waals surface area contributed by atoms with E-state index in [9.17, 15) is 14.0 Å². The standard InChI is InChI=1S/C31H25Br2FN2O5S/c1-4-40-30(38)26-17(2)35-31-36(27(26)19-9-11-21(39-3)12-10-19)29(37)25(42-31)15-18-13-22(32)28(23(33)14-18)41-16-20-7-5-6-8-24(20)34/h5-15,27H,4,16H2,1-3H3/b25-15+/t27-/m1/s1. The first-order valence-corrected chi connectivity index (χ1v) is 15.3. The van der Waals surface area contributed by atoms with Crippen molar-refractivity contribution in [3.8, 4) is 11.5 Å². The van der Waals surface area contributed by atoms with Gasteiger partial charge in [0.15, 0.2) is 4.80 Å². The molecular weight excluding hydrogens is 691 g/mol. The van der Waals surface area contributed by atoms with E-state index in [1.165, 1.54) is 22.0 Å². The maximum Gasteiger partial charge on any atom is 0.338 e. The number of methoxy groups -OCH3 is 1. The molecule has 0 saturated carbocycles. The van der Waals surface area contributed by atoms with Crippen LogP contribution in [0.25, 0.3) is 6.08 Å². The van der Waals surface area contributed by atoms with Crippen molar-refractivity contribution in [2.24, 2.45) is 4.99 Å². The first-order chi connectivity index (χ1) is 20.2. The molecule has 3 aromatic carbocycles. The topological polar surface area (TPSA) is 79.1 Å². The Balaban J connectivity index is 1.56. The predicted molar refractivity (Wildman–Crippen MR) is 166 cm³/mol. The molecule has 0 fully saturated rings. The molecule has 2 heterocycles. The van der Waals surface area contributed by atoms with Crippen LogP contribution in [0.15, 0.2) is 90.7 Å². The van der Waals surface area contributed by atoms with Crippen LogP contribution in [0.4, 0.5) is 4.39 Å². The Morgan fingerprint density at radius 3 is 2.45 bits per heavy atom. The van der Waals surface area contributed by atoms with Gasteiger partial charge in [-0.25, -0.2) is 14.2 Å². The van der Waals surface area contributed by atoms with Crippen LogP contribution >= 0.6 is 43.2 Å². The lowest BCUT2D eigenvalue weighted by atomic mass is 9.96. The number of hydrogen-bond acceptors (Lipinski definition) is 7. The monoisotopic (exact) mass is 714 g/mol. The molecular formula is C31H25Br2FN2O5S. The molecule has 42 heavy (non-hydrogen) atoms. The highest BCUT2D eigenvalue weighted by Gasteiger charge is 2.33. The minimum Gasteiger partial charge on any atom is -0.497 e. The maximum atomic E-state index is 14.1. The van der Waals surface area contributed by atoms with E-state index < -0.39 is 12.0 Å². The summed E-state index contributed by atoms with van der Waals surface area (Å²) < 4.78 is 33.8. The van der Waals surface area contributed by atoms with Crippen LogP contribution in [-0.2, 0) is 16.1 Å². The maximum absolute atomic E-state index is 14.1. The molecule has 11 heteroatoms. The third-order valence-corrected chi connectivity index (χ3v) is 8.76. The van der Waals surface area contributed by atoms with E-state index in [0.717, 1.165) is 11.1 Å². The number of benzene rings is 3. The average Bonchev–Trinajstić information content (AvgIpc) is 3.26. The van der Waals surface area contributed by atoms with Gasteiger partial charge in [-0.15, -0.1) is 0 Å². The number of halogens is 3. The molecule has 1 aliphatic heterocycles. The van der Waals surface area contributed by atoms with Gasteiger partial charge >= 0.3 is 5.97 Å². The number of fused-ring (bicyclic) bond motifs is 1. The molecule has 7 nitrogen and oxygen atoms in total.